The third-order valence-corrected chi connectivity index (χ3v) is 8.32. The van der Waals surface area contributed by atoms with Crippen molar-refractivity contribution in [2.24, 2.45) is 0 Å². The molecule has 11 heteroatoms. The van der Waals surface area contributed by atoms with Gasteiger partial charge in [-0.15, -0.1) is 11.8 Å². The van der Waals surface area contributed by atoms with Crippen LogP contribution >= 0.6 is 11.8 Å². The Labute approximate surface area is 186 Å². The first-order valence-corrected chi connectivity index (χ1v) is 12.6. The molecule has 0 aromatic heterocycles. The Bertz CT molecular complexity index is 925. The third-order valence-electron chi connectivity index (χ3n) is 5.32. The first-order chi connectivity index (χ1) is 14.6. The van der Waals surface area contributed by atoms with Crippen LogP contribution in [0.1, 0.15) is 31.1 Å². The lowest BCUT2D eigenvalue weighted by Crippen LogP contribution is -2.57. The smallest absolute Gasteiger partial charge is 0.282 e. The summed E-state index contributed by atoms with van der Waals surface area (Å²) in [6, 6.07) is 4.21. The molecule has 172 valence electrons. The number of ether oxygens (including phenoxy) is 1. The SMILES string of the molecule is CC(=O)c1ccc(SCC(=O)N2CCN(S(=O)(=O)N3CC(C)OC(C)C3)CC2)c(F)c1. The molecule has 0 saturated carbocycles. The predicted molar refractivity (Wildman–Crippen MR) is 116 cm³/mol. The summed E-state index contributed by atoms with van der Waals surface area (Å²) in [5.41, 5.74) is 0.287. The molecule has 0 bridgehead atoms. The Hall–Kier alpha value is -1.53. The molecule has 2 aliphatic heterocycles. The Morgan fingerprint density at radius 2 is 1.71 bits per heavy atom. The van der Waals surface area contributed by atoms with Gasteiger partial charge in [-0.3, -0.25) is 9.59 Å². The van der Waals surface area contributed by atoms with Gasteiger partial charge in [0.1, 0.15) is 5.82 Å². The molecule has 2 heterocycles. The van der Waals surface area contributed by atoms with E-state index in [0.29, 0.717) is 31.1 Å². The molecular weight excluding hydrogens is 445 g/mol. The van der Waals surface area contributed by atoms with Crippen molar-refractivity contribution in [3.63, 3.8) is 0 Å². The van der Waals surface area contributed by atoms with Crippen LogP contribution in [0.2, 0.25) is 0 Å². The highest BCUT2D eigenvalue weighted by molar-refractivity contribution is 8.00. The average molecular weight is 474 g/mol. The fourth-order valence-corrected chi connectivity index (χ4v) is 6.29. The molecule has 0 spiro atoms. The summed E-state index contributed by atoms with van der Waals surface area (Å²) in [4.78, 5) is 25.8. The summed E-state index contributed by atoms with van der Waals surface area (Å²) in [6.45, 7) is 6.73. The summed E-state index contributed by atoms with van der Waals surface area (Å²) in [7, 11) is -3.61. The molecule has 0 radical (unpaired) electrons. The van der Waals surface area contributed by atoms with E-state index in [2.05, 4.69) is 0 Å². The number of morpholine rings is 1. The van der Waals surface area contributed by atoms with Crippen molar-refractivity contribution < 1.29 is 27.1 Å². The number of carbonyl (C=O) groups is 2. The van der Waals surface area contributed by atoms with Gasteiger partial charge in [-0.05, 0) is 32.9 Å². The van der Waals surface area contributed by atoms with E-state index in [-0.39, 0.29) is 48.3 Å². The van der Waals surface area contributed by atoms with Crippen LogP contribution in [0.5, 0.6) is 0 Å². The van der Waals surface area contributed by atoms with Gasteiger partial charge in [-0.1, -0.05) is 6.07 Å². The monoisotopic (exact) mass is 473 g/mol. The lowest BCUT2D eigenvalue weighted by atomic mass is 10.1. The fraction of sp³-hybridized carbons (Fsp3) is 0.600. The van der Waals surface area contributed by atoms with Crippen molar-refractivity contribution in [2.45, 2.75) is 37.9 Å². The topological polar surface area (TPSA) is 87.2 Å². The first-order valence-electron chi connectivity index (χ1n) is 10.2. The maximum absolute atomic E-state index is 14.1. The minimum Gasteiger partial charge on any atom is -0.373 e. The Balaban J connectivity index is 1.52. The molecule has 2 unspecified atom stereocenters. The lowest BCUT2D eigenvalue weighted by Gasteiger charge is -2.40. The van der Waals surface area contributed by atoms with E-state index in [9.17, 15) is 22.4 Å². The zero-order valence-electron chi connectivity index (χ0n) is 17.9. The molecule has 31 heavy (non-hydrogen) atoms. The molecule has 2 atom stereocenters. The van der Waals surface area contributed by atoms with Gasteiger partial charge in [0, 0.05) is 49.7 Å². The second kappa shape index (κ2) is 9.95. The highest BCUT2D eigenvalue weighted by Crippen LogP contribution is 2.24. The number of halogens is 1. The summed E-state index contributed by atoms with van der Waals surface area (Å²) in [5.74, 6) is -0.886. The van der Waals surface area contributed by atoms with Crippen LogP contribution in [-0.2, 0) is 19.7 Å². The molecule has 1 aromatic carbocycles. The van der Waals surface area contributed by atoms with Crippen molar-refractivity contribution in [2.75, 3.05) is 45.0 Å². The van der Waals surface area contributed by atoms with Crippen LogP contribution in [-0.4, -0.2) is 90.8 Å². The second-order valence-electron chi connectivity index (χ2n) is 7.85. The van der Waals surface area contributed by atoms with Gasteiger partial charge in [0.05, 0.1) is 18.0 Å². The molecule has 8 nitrogen and oxygen atoms in total. The van der Waals surface area contributed by atoms with E-state index >= 15 is 0 Å². The minimum atomic E-state index is -3.61. The van der Waals surface area contributed by atoms with E-state index in [1.807, 2.05) is 13.8 Å². The van der Waals surface area contributed by atoms with Gasteiger partial charge < -0.3 is 9.64 Å². The molecule has 3 rings (SSSR count). The molecular formula is C20H28FN3O5S2. The van der Waals surface area contributed by atoms with E-state index in [0.717, 1.165) is 11.8 Å². The average Bonchev–Trinajstić information content (AvgIpc) is 2.72. The number of hydrogen-bond donors (Lipinski definition) is 0. The summed E-state index contributed by atoms with van der Waals surface area (Å²) in [5, 5.41) is 0. The van der Waals surface area contributed by atoms with Gasteiger partial charge >= 0.3 is 0 Å². The van der Waals surface area contributed by atoms with Crippen molar-refractivity contribution in [3.05, 3.63) is 29.6 Å². The standard InChI is InChI=1S/C20H28FN3O5S2/c1-14-11-24(12-15(2)29-14)31(27,28)23-8-6-22(7-9-23)20(26)13-30-19-5-4-17(16(3)25)10-18(19)21/h4-5,10,14-15H,6-9,11-13H2,1-3H3. The second-order valence-corrected chi connectivity index (χ2v) is 10.8. The number of Topliss-reactive ketones (excluding diaryl/α,β-unsaturated/α-hetero) is 1. The molecule has 1 aromatic rings. The van der Waals surface area contributed by atoms with Crippen LogP contribution < -0.4 is 0 Å². The highest BCUT2D eigenvalue weighted by atomic mass is 32.2. The quantitative estimate of drug-likeness (QED) is 0.461. The molecule has 0 aliphatic carbocycles. The van der Waals surface area contributed by atoms with Crippen LogP contribution in [0.3, 0.4) is 0 Å². The maximum atomic E-state index is 14.1. The largest absolute Gasteiger partial charge is 0.373 e. The Kier molecular flexibility index (Phi) is 7.74. The van der Waals surface area contributed by atoms with Crippen LogP contribution in [0.15, 0.2) is 23.1 Å². The van der Waals surface area contributed by atoms with Crippen LogP contribution in [0, 0.1) is 5.82 Å². The number of rotatable bonds is 6. The van der Waals surface area contributed by atoms with Crippen molar-refractivity contribution in [1.82, 2.24) is 13.5 Å². The van der Waals surface area contributed by atoms with Crippen molar-refractivity contribution in [3.8, 4) is 0 Å². The number of hydrogen-bond acceptors (Lipinski definition) is 6. The normalized spacial score (nSPS) is 23.7. The van der Waals surface area contributed by atoms with E-state index < -0.39 is 16.0 Å². The highest BCUT2D eigenvalue weighted by Gasteiger charge is 2.37. The number of amides is 1. The van der Waals surface area contributed by atoms with E-state index in [1.165, 1.54) is 33.7 Å². The number of carbonyl (C=O) groups excluding carboxylic acids is 2. The lowest BCUT2D eigenvalue weighted by molar-refractivity contribution is -0.129. The minimum absolute atomic E-state index is 0.0432. The van der Waals surface area contributed by atoms with Crippen LogP contribution in [0.25, 0.3) is 0 Å². The number of thioether (sulfide) groups is 1. The zero-order chi connectivity index (χ0) is 22.8. The van der Waals surface area contributed by atoms with Crippen molar-refractivity contribution >= 4 is 33.7 Å². The molecule has 0 N–H and O–H groups in total. The molecule has 2 fully saturated rings. The number of piperazine rings is 1. The van der Waals surface area contributed by atoms with E-state index in [1.54, 1.807) is 4.90 Å². The summed E-state index contributed by atoms with van der Waals surface area (Å²) >= 11 is 1.07. The first kappa shape index (κ1) is 24.1. The van der Waals surface area contributed by atoms with Gasteiger partial charge in [0.2, 0.25) is 5.91 Å². The number of benzene rings is 1. The van der Waals surface area contributed by atoms with Gasteiger partial charge in [0.15, 0.2) is 5.78 Å². The molecule has 2 aliphatic rings. The molecule has 1 amide bonds. The Morgan fingerprint density at radius 1 is 1.10 bits per heavy atom. The van der Waals surface area contributed by atoms with Gasteiger partial charge in [-0.25, -0.2) is 4.39 Å². The summed E-state index contributed by atoms with van der Waals surface area (Å²) in [6.07, 6.45) is -0.327. The van der Waals surface area contributed by atoms with E-state index in [4.69, 9.17) is 4.74 Å². The molecule has 2 saturated heterocycles. The third kappa shape index (κ3) is 5.83. The zero-order valence-corrected chi connectivity index (χ0v) is 19.5. The Morgan fingerprint density at radius 3 is 2.26 bits per heavy atom. The predicted octanol–water partition coefficient (Wildman–Crippen LogP) is 1.62. The summed E-state index contributed by atoms with van der Waals surface area (Å²) < 4.78 is 48.5. The number of nitrogens with zero attached hydrogens (tertiary/aromatic N) is 3. The number of ketones is 1. The maximum Gasteiger partial charge on any atom is 0.282 e. The fourth-order valence-electron chi connectivity index (χ4n) is 3.72. The van der Waals surface area contributed by atoms with Crippen LogP contribution in [0.4, 0.5) is 4.39 Å². The van der Waals surface area contributed by atoms with Gasteiger partial charge in [0.25, 0.3) is 10.2 Å². The van der Waals surface area contributed by atoms with Crippen molar-refractivity contribution in [1.29, 1.82) is 0 Å². The van der Waals surface area contributed by atoms with Gasteiger partial charge in [-0.2, -0.15) is 17.0 Å².